The van der Waals surface area contributed by atoms with Gasteiger partial charge in [-0.15, -0.1) is 0 Å². The molecule has 2 aromatic rings. The van der Waals surface area contributed by atoms with Crippen molar-refractivity contribution in [1.82, 2.24) is 4.90 Å². The Morgan fingerprint density at radius 3 is 2.08 bits per heavy atom. The Labute approximate surface area is 155 Å². The number of ether oxygens (including phenoxy) is 2. The van der Waals surface area contributed by atoms with Crippen LogP contribution in [-0.4, -0.2) is 36.3 Å². The zero-order chi connectivity index (χ0) is 18.1. The first kappa shape index (κ1) is 17.4. The molecule has 2 fully saturated rings. The van der Waals surface area contributed by atoms with Crippen LogP contribution in [0.3, 0.4) is 0 Å². The van der Waals surface area contributed by atoms with E-state index in [0.717, 1.165) is 49.3 Å². The minimum atomic E-state index is -0.819. The lowest BCUT2D eigenvalue weighted by Crippen LogP contribution is -2.49. The predicted molar refractivity (Wildman–Crippen MR) is 101 cm³/mol. The quantitative estimate of drug-likeness (QED) is 0.890. The molecule has 4 rings (SSSR count). The van der Waals surface area contributed by atoms with Crippen molar-refractivity contribution in [3.8, 4) is 11.5 Å². The van der Waals surface area contributed by atoms with Crippen molar-refractivity contribution in [2.45, 2.75) is 49.9 Å². The fourth-order valence-electron chi connectivity index (χ4n) is 4.68. The zero-order valence-electron chi connectivity index (χ0n) is 15.5. The van der Waals surface area contributed by atoms with E-state index in [-0.39, 0.29) is 0 Å². The summed E-state index contributed by atoms with van der Waals surface area (Å²) in [4.78, 5) is 2.58. The molecule has 2 atom stereocenters. The van der Waals surface area contributed by atoms with Gasteiger partial charge in [0.15, 0.2) is 0 Å². The molecule has 2 aliphatic heterocycles. The van der Waals surface area contributed by atoms with E-state index < -0.39 is 5.60 Å². The second kappa shape index (κ2) is 6.93. The monoisotopic (exact) mass is 353 g/mol. The molecule has 26 heavy (non-hydrogen) atoms. The molecule has 0 aromatic heterocycles. The van der Waals surface area contributed by atoms with E-state index >= 15 is 0 Å². The molecule has 4 nitrogen and oxygen atoms in total. The molecule has 1 N–H and O–H groups in total. The maximum atomic E-state index is 11.5. The van der Waals surface area contributed by atoms with Crippen molar-refractivity contribution in [3.05, 3.63) is 59.7 Å². The Balaban J connectivity index is 1.58. The molecule has 0 saturated carbocycles. The number of benzene rings is 2. The smallest absolute Gasteiger partial charge is 0.122 e. The van der Waals surface area contributed by atoms with E-state index in [1.165, 1.54) is 5.56 Å². The van der Waals surface area contributed by atoms with Crippen LogP contribution in [0.1, 0.15) is 36.8 Å². The average Bonchev–Trinajstić information content (AvgIpc) is 2.92. The third kappa shape index (κ3) is 3.19. The third-order valence-electron chi connectivity index (χ3n) is 6.01. The first-order chi connectivity index (χ1) is 12.6. The molecule has 2 heterocycles. The van der Waals surface area contributed by atoms with Gasteiger partial charge in [-0.05, 0) is 48.9 Å². The van der Waals surface area contributed by atoms with Gasteiger partial charge in [0.25, 0.3) is 0 Å². The molecule has 0 radical (unpaired) electrons. The zero-order valence-corrected chi connectivity index (χ0v) is 15.5. The van der Waals surface area contributed by atoms with E-state index in [1.54, 1.807) is 14.2 Å². The van der Waals surface area contributed by atoms with Crippen molar-refractivity contribution in [1.29, 1.82) is 0 Å². The second-order valence-corrected chi connectivity index (χ2v) is 7.58. The van der Waals surface area contributed by atoms with E-state index in [2.05, 4.69) is 35.2 Å². The maximum Gasteiger partial charge on any atom is 0.122 e. The molecule has 2 aliphatic rings. The van der Waals surface area contributed by atoms with Crippen LogP contribution in [0.25, 0.3) is 0 Å². The van der Waals surface area contributed by atoms with Crippen LogP contribution in [0.4, 0.5) is 0 Å². The van der Waals surface area contributed by atoms with Crippen LogP contribution in [0.2, 0.25) is 0 Å². The number of piperidine rings is 1. The predicted octanol–water partition coefficient (Wildman–Crippen LogP) is 3.72. The van der Waals surface area contributed by atoms with Gasteiger partial charge in [-0.25, -0.2) is 0 Å². The number of nitrogens with zero attached hydrogens (tertiary/aromatic N) is 1. The Morgan fingerprint density at radius 1 is 0.962 bits per heavy atom. The van der Waals surface area contributed by atoms with Crippen LogP contribution in [-0.2, 0) is 12.1 Å². The molecule has 2 aromatic carbocycles. The molecular formula is C22H27NO3. The molecule has 4 heteroatoms. The molecule has 2 bridgehead atoms. The van der Waals surface area contributed by atoms with Gasteiger partial charge in [-0.3, -0.25) is 4.90 Å². The highest BCUT2D eigenvalue weighted by atomic mass is 16.5. The van der Waals surface area contributed by atoms with Gasteiger partial charge < -0.3 is 14.6 Å². The summed E-state index contributed by atoms with van der Waals surface area (Å²) in [5.74, 6) is 1.46. The molecule has 0 amide bonds. The van der Waals surface area contributed by atoms with Crippen LogP contribution < -0.4 is 9.47 Å². The van der Waals surface area contributed by atoms with Crippen LogP contribution in [0.15, 0.2) is 48.5 Å². The van der Waals surface area contributed by atoms with Gasteiger partial charge in [-0.2, -0.15) is 0 Å². The summed E-state index contributed by atoms with van der Waals surface area (Å²) in [5.41, 5.74) is 1.43. The summed E-state index contributed by atoms with van der Waals surface area (Å²) in [5, 5.41) is 11.5. The minimum Gasteiger partial charge on any atom is -0.497 e. The largest absolute Gasteiger partial charge is 0.497 e. The van der Waals surface area contributed by atoms with Gasteiger partial charge in [-0.1, -0.05) is 30.3 Å². The SMILES string of the molecule is COc1cc(OC)cc(C2(O)CC3CCC(C2)N3Cc2ccccc2)c1. The van der Waals surface area contributed by atoms with Crippen LogP contribution in [0.5, 0.6) is 11.5 Å². The average molecular weight is 353 g/mol. The molecule has 138 valence electrons. The number of aliphatic hydroxyl groups is 1. The van der Waals surface area contributed by atoms with Gasteiger partial charge in [0.2, 0.25) is 0 Å². The Morgan fingerprint density at radius 2 is 1.54 bits per heavy atom. The fourth-order valence-corrected chi connectivity index (χ4v) is 4.68. The van der Waals surface area contributed by atoms with Crippen LogP contribution in [0, 0.1) is 0 Å². The molecular weight excluding hydrogens is 326 g/mol. The van der Waals surface area contributed by atoms with Gasteiger partial charge in [0.1, 0.15) is 11.5 Å². The molecule has 2 unspecified atom stereocenters. The number of rotatable bonds is 5. The summed E-state index contributed by atoms with van der Waals surface area (Å²) >= 11 is 0. The molecule has 0 aliphatic carbocycles. The topological polar surface area (TPSA) is 41.9 Å². The van der Waals surface area contributed by atoms with E-state index in [1.807, 2.05) is 18.2 Å². The number of methoxy groups -OCH3 is 2. The van der Waals surface area contributed by atoms with Crippen molar-refractivity contribution in [2.75, 3.05) is 14.2 Å². The Kier molecular flexibility index (Phi) is 4.63. The first-order valence-electron chi connectivity index (χ1n) is 9.37. The molecule has 2 saturated heterocycles. The summed E-state index contributed by atoms with van der Waals surface area (Å²) in [6.07, 6.45) is 3.82. The minimum absolute atomic E-state index is 0.413. The highest BCUT2D eigenvalue weighted by molar-refractivity contribution is 5.41. The Bertz CT molecular complexity index is 725. The van der Waals surface area contributed by atoms with E-state index in [9.17, 15) is 5.11 Å². The lowest BCUT2D eigenvalue weighted by molar-refractivity contribution is -0.0597. The number of hydrogen-bond acceptors (Lipinski definition) is 4. The standard InChI is InChI=1S/C22H27NO3/c1-25-20-10-17(11-21(12-20)26-2)22(24)13-18-8-9-19(14-22)23(18)15-16-6-4-3-5-7-16/h3-7,10-12,18-19,24H,8-9,13-15H2,1-2H3. The van der Waals surface area contributed by atoms with Gasteiger partial charge in [0, 0.05) is 24.7 Å². The third-order valence-corrected chi connectivity index (χ3v) is 6.01. The second-order valence-electron chi connectivity index (χ2n) is 7.58. The summed E-state index contributed by atoms with van der Waals surface area (Å²) in [6, 6.07) is 17.2. The van der Waals surface area contributed by atoms with Crippen molar-refractivity contribution in [3.63, 3.8) is 0 Å². The fraction of sp³-hybridized carbons (Fsp3) is 0.455. The number of fused-ring (bicyclic) bond motifs is 2. The lowest BCUT2D eigenvalue weighted by atomic mass is 9.80. The lowest BCUT2D eigenvalue weighted by Gasteiger charge is -2.44. The van der Waals surface area contributed by atoms with Crippen molar-refractivity contribution < 1.29 is 14.6 Å². The van der Waals surface area contributed by atoms with E-state index in [4.69, 9.17) is 9.47 Å². The van der Waals surface area contributed by atoms with E-state index in [0.29, 0.717) is 12.1 Å². The Hall–Kier alpha value is -2.04. The highest BCUT2D eigenvalue weighted by Crippen LogP contribution is 2.47. The highest BCUT2D eigenvalue weighted by Gasteiger charge is 2.48. The normalized spacial score (nSPS) is 28.1. The summed E-state index contributed by atoms with van der Waals surface area (Å²) in [7, 11) is 3.30. The van der Waals surface area contributed by atoms with Gasteiger partial charge >= 0.3 is 0 Å². The van der Waals surface area contributed by atoms with Crippen LogP contribution >= 0.6 is 0 Å². The summed E-state index contributed by atoms with van der Waals surface area (Å²) < 4.78 is 10.8. The summed E-state index contributed by atoms with van der Waals surface area (Å²) in [6.45, 7) is 0.966. The first-order valence-corrected chi connectivity index (χ1v) is 9.37. The number of hydrogen-bond donors (Lipinski definition) is 1. The maximum absolute atomic E-state index is 11.5. The van der Waals surface area contributed by atoms with Crippen molar-refractivity contribution in [2.24, 2.45) is 0 Å². The van der Waals surface area contributed by atoms with Crippen molar-refractivity contribution >= 4 is 0 Å². The van der Waals surface area contributed by atoms with Gasteiger partial charge in [0.05, 0.1) is 19.8 Å². The molecule has 0 spiro atoms.